The molecule has 6 nitrogen and oxygen atoms in total. The van der Waals surface area contributed by atoms with Gasteiger partial charge in [0.2, 0.25) is 11.5 Å². The number of fused-ring (bicyclic) bond motifs is 1. The van der Waals surface area contributed by atoms with E-state index < -0.39 is 0 Å². The van der Waals surface area contributed by atoms with Crippen LogP contribution in [0.5, 0.6) is 34.5 Å². The summed E-state index contributed by atoms with van der Waals surface area (Å²) in [5.41, 5.74) is 1.70. The maximum Gasteiger partial charge on any atom is 0.207 e. The van der Waals surface area contributed by atoms with E-state index in [0.29, 0.717) is 30.1 Å². The lowest BCUT2D eigenvalue weighted by Crippen LogP contribution is -2.16. The summed E-state index contributed by atoms with van der Waals surface area (Å²) < 4.78 is 21.8. The van der Waals surface area contributed by atoms with E-state index in [2.05, 4.69) is 0 Å². The topological polar surface area (TPSA) is 77.4 Å². The lowest BCUT2D eigenvalue weighted by atomic mass is 9.96. The summed E-state index contributed by atoms with van der Waals surface area (Å²) in [6, 6.07) is 6.84. The van der Waals surface area contributed by atoms with Gasteiger partial charge in [0.05, 0.1) is 21.3 Å². The van der Waals surface area contributed by atoms with Gasteiger partial charge in [-0.25, -0.2) is 0 Å². The molecular weight excluding hydrogens is 312 g/mol. The van der Waals surface area contributed by atoms with Crippen LogP contribution in [-0.2, 0) is 6.42 Å². The summed E-state index contributed by atoms with van der Waals surface area (Å²) in [6.07, 6.45) is 1.19. The molecule has 3 rings (SSSR count). The van der Waals surface area contributed by atoms with Crippen LogP contribution in [0.4, 0.5) is 0 Å². The predicted octanol–water partition coefficient (Wildman–Crippen LogP) is 3.19. The minimum atomic E-state index is -0.238. The SMILES string of the molecule is COc1ccc([C@@H]2CCc3cc(O)c(OC)c(OC)c3O2)cc1O. The first-order valence-corrected chi connectivity index (χ1v) is 7.59. The van der Waals surface area contributed by atoms with E-state index in [-0.39, 0.29) is 23.4 Å². The zero-order valence-corrected chi connectivity index (χ0v) is 13.8. The molecule has 0 spiro atoms. The van der Waals surface area contributed by atoms with Gasteiger partial charge >= 0.3 is 0 Å². The van der Waals surface area contributed by atoms with Gasteiger partial charge in [0.1, 0.15) is 6.10 Å². The molecule has 128 valence electrons. The second kappa shape index (κ2) is 6.39. The van der Waals surface area contributed by atoms with Crippen molar-refractivity contribution >= 4 is 0 Å². The highest BCUT2D eigenvalue weighted by atomic mass is 16.5. The van der Waals surface area contributed by atoms with E-state index in [4.69, 9.17) is 18.9 Å². The Labute approximate surface area is 140 Å². The Balaban J connectivity index is 1.98. The molecule has 0 amide bonds. The molecule has 0 aromatic heterocycles. The Hall–Kier alpha value is -2.76. The number of benzene rings is 2. The van der Waals surface area contributed by atoms with Gasteiger partial charge in [0, 0.05) is 5.56 Å². The lowest BCUT2D eigenvalue weighted by Gasteiger charge is -2.29. The first kappa shape index (κ1) is 16.1. The third-order valence-corrected chi connectivity index (χ3v) is 4.17. The van der Waals surface area contributed by atoms with Crippen molar-refractivity contribution in [2.75, 3.05) is 21.3 Å². The molecule has 0 fully saturated rings. The molecule has 1 atom stereocenters. The number of aryl methyl sites for hydroxylation is 1. The number of phenols is 2. The number of methoxy groups -OCH3 is 3. The average molecular weight is 332 g/mol. The molecule has 2 N–H and O–H groups in total. The monoisotopic (exact) mass is 332 g/mol. The van der Waals surface area contributed by atoms with Crippen molar-refractivity contribution in [3.63, 3.8) is 0 Å². The Bertz CT molecular complexity index is 756. The molecule has 1 heterocycles. The fourth-order valence-corrected chi connectivity index (χ4v) is 2.99. The van der Waals surface area contributed by atoms with Gasteiger partial charge in [0.15, 0.2) is 23.0 Å². The summed E-state index contributed by atoms with van der Waals surface area (Å²) >= 11 is 0. The van der Waals surface area contributed by atoms with Gasteiger partial charge < -0.3 is 29.2 Å². The van der Waals surface area contributed by atoms with Crippen LogP contribution in [0.2, 0.25) is 0 Å². The molecule has 0 bridgehead atoms. The van der Waals surface area contributed by atoms with Crippen molar-refractivity contribution in [3.8, 4) is 34.5 Å². The Morgan fingerprint density at radius 3 is 2.33 bits per heavy atom. The zero-order valence-electron chi connectivity index (χ0n) is 13.8. The van der Waals surface area contributed by atoms with Gasteiger partial charge in [-0.3, -0.25) is 0 Å². The van der Waals surface area contributed by atoms with Crippen LogP contribution in [0.3, 0.4) is 0 Å². The van der Waals surface area contributed by atoms with Crippen molar-refractivity contribution in [2.24, 2.45) is 0 Å². The molecule has 0 unspecified atom stereocenters. The standard InChI is InChI=1S/C18H20O6/c1-21-15-7-4-10(8-12(15)19)14-6-5-11-9-13(20)17(22-2)18(23-3)16(11)24-14/h4,7-9,14,19-20H,5-6H2,1-3H3/t14-/m0/s1. The third-order valence-electron chi connectivity index (χ3n) is 4.17. The van der Waals surface area contributed by atoms with Crippen molar-refractivity contribution in [1.29, 1.82) is 0 Å². The molecule has 2 aromatic carbocycles. The highest BCUT2D eigenvalue weighted by Crippen LogP contribution is 2.50. The van der Waals surface area contributed by atoms with Crippen LogP contribution in [0.1, 0.15) is 23.7 Å². The van der Waals surface area contributed by atoms with Crippen LogP contribution >= 0.6 is 0 Å². The molecule has 0 radical (unpaired) electrons. The van der Waals surface area contributed by atoms with Crippen LogP contribution in [-0.4, -0.2) is 31.5 Å². The zero-order chi connectivity index (χ0) is 17.3. The van der Waals surface area contributed by atoms with Crippen molar-refractivity contribution in [3.05, 3.63) is 35.4 Å². The molecule has 24 heavy (non-hydrogen) atoms. The highest BCUT2D eigenvalue weighted by molar-refractivity contribution is 5.63. The number of phenolic OH excluding ortho intramolecular Hbond substituents is 2. The van der Waals surface area contributed by atoms with E-state index in [1.165, 1.54) is 21.3 Å². The summed E-state index contributed by atoms with van der Waals surface area (Å²) in [5, 5.41) is 20.0. The van der Waals surface area contributed by atoms with Gasteiger partial charge in [-0.05, 0) is 36.6 Å². The Morgan fingerprint density at radius 2 is 1.71 bits per heavy atom. The molecule has 2 aromatic rings. The van der Waals surface area contributed by atoms with Gasteiger partial charge in [-0.1, -0.05) is 6.07 Å². The summed E-state index contributed by atoms with van der Waals surface area (Å²) in [4.78, 5) is 0. The second-order valence-electron chi connectivity index (χ2n) is 5.53. The first-order valence-electron chi connectivity index (χ1n) is 7.59. The number of hydrogen-bond donors (Lipinski definition) is 2. The van der Waals surface area contributed by atoms with E-state index in [0.717, 1.165) is 11.1 Å². The fourth-order valence-electron chi connectivity index (χ4n) is 2.99. The first-order chi connectivity index (χ1) is 11.6. The van der Waals surface area contributed by atoms with E-state index in [1.807, 2.05) is 6.07 Å². The van der Waals surface area contributed by atoms with Gasteiger partial charge in [-0.2, -0.15) is 0 Å². The summed E-state index contributed by atoms with van der Waals surface area (Å²) in [6.45, 7) is 0. The quantitative estimate of drug-likeness (QED) is 0.895. The minimum absolute atomic E-state index is 0.0252. The molecule has 0 saturated heterocycles. The molecule has 0 saturated carbocycles. The maximum atomic E-state index is 10.0. The fraction of sp³-hybridized carbons (Fsp3) is 0.333. The van der Waals surface area contributed by atoms with Crippen LogP contribution < -0.4 is 18.9 Å². The maximum absolute atomic E-state index is 10.0. The smallest absolute Gasteiger partial charge is 0.207 e. The summed E-state index contributed by atoms with van der Waals surface area (Å²) in [7, 11) is 4.47. The van der Waals surface area contributed by atoms with Crippen molar-refractivity contribution in [2.45, 2.75) is 18.9 Å². The molecule has 6 heteroatoms. The number of rotatable bonds is 4. The number of ether oxygens (including phenoxy) is 4. The molecule has 1 aliphatic heterocycles. The normalized spacial score (nSPS) is 16.0. The van der Waals surface area contributed by atoms with E-state index >= 15 is 0 Å². The predicted molar refractivity (Wildman–Crippen MR) is 87.6 cm³/mol. The molecular formula is C18H20O6. The molecule has 0 aliphatic carbocycles. The summed E-state index contributed by atoms with van der Waals surface area (Å²) in [5.74, 6) is 1.68. The van der Waals surface area contributed by atoms with Gasteiger partial charge in [0.25, 0.3) is 0 Å². The average Bonchev–Trinajstić information content (AvgIpc) is 2.60. The number of hydrogen-bond acceptors (Lipinski definition) is 6. The van der Waals surface area contributed by atoms with E-state index in [9.17, 15) is 10.2 Å². The third kappa shape index (κ3) is 2.64. The Morgan fingerprint density at radius 1 is 0.958 bits per heavy atom. The van der Waals surface area contributed by atoms with E-state index in [1.54, 1.807) is 18.2 Å². The lowest BCUT2D eigenvalue weighted by molar-refractivity contribution is 0.165. The number of aromatic hydroxyl groups is 2. The second-order valence-corrected chi connectivity index (χ2v) is 5.53. The highest BCUT2D eigenvalue weighted by Gasteiger charge is 2.29. The van der Waals surface area contributed by atoms with Crippen LogP contribution in [0, 0.1) is 0 Å². The van der Waals surface area contributed by atoms with Crippen molar-refractivity contribution in [1.82, 2.24) is 0 Å². The van der Waals surface area contributed by atoms with Crippen LogP contribution in [0.15, 0.2) is 24.3 Å². The largest absolute Gasteiger partial charge is 0.504 e. The molecule has 1 aliphatic rings. The van der Waals surface area contributed by atoms with Crippen LogP contribution in [0.25, 0.3) is 0 Å². The Kier molecular flexibility index (Phi) is 4.29. The minimum Gasteiger partial charge on any atom is -0.504 e. The van der Waals surface area contributed by atoms with Gasteiger partial charge in [-0.15, -0.1) is 0 Å². The van der Waals surface area contributed by atoms with Crippen molar-refractivity contribution < 1.29 is 29.2 Å².